The molecule has 1 aromatic rings. The maximum absolute atomic E-state index is 12.0. The van der Waals surface area contributed by atoms with Crippen LogP contribution in [0.2, 0.25) is 0 Å². The Morgan fingerprint density at radius 1 is 1.35 bits per heavy atom. The topological polar surface area (TPSA) is 75.6 Å². The lowest BCUT2D eigenvalue weighted by Gasteiger charge is -2.12. The van der Waals surface area contributed by atoms with E-state index in [1.807, 2.05) is 0 Å². The molecule has 0 fully saturated rings. The fourth-order valence-corrected chi connectivity index (χ4v) is 2.47. The van der Waals surface area contributed by atoms with Crippen molar-refractivity contribution in [2.75, 3.05) is 13.2 Å². The van der Waals surface area contributed by atoms with E-state index in [-0.39, 0.29) is 16.2 Å². The van der Waals surface area contributed by atoms with E-state index in [0.717, 1.165) is 12.1 Å². The van der Waals surface area contributed by atoms with Gasteiger partial charge in [0.05, 0.1) is 18.1 Å². The zero-order chi connectivity index (χ0) is 15.4. The summed E-state index contributed by atoms with van der Waals surface area (Å²) in [5, 5.41) is 9.12. The summed E-state index contributed by atoms with van der Waals surface area (Å²) in [6.45, 7) is -0.128. The zero-order valence-electron chi connectivity index (χ0n) is 10.6. The molecule has 0 unspecified atom stereocenters. The number of hydrogen-bond donors (Lipinski definition) is 2. The van der Waals surface area contributed by atoms with Crippen molar-refractivity contribution in [1.29, 1.82) is 0 Å². The number of halogens is 3. The molecule has 0 aliphatic carbocycles. The Balaban J connectivity index is 3.01. The molecule has 114 valence electrons. The van der Waals surface area contributed by atoms with Crippen molar-refractivity contribution < 1.29 is 31.4 Å². The molecule has 1 aromatic carbocycles. The van der Waals surface area contributed by atoms with Gasteiger partial charge in [-0.25, -0.2) is 13.1 Å². The summed E-state index contributed by atoms with van der Waals surface area (Å²) in [6.07, 6.45) is -4.64. The number of sulfonamides is 1. The van der Waals surface area contributed by atoms with Gasteiger partial charge in [0.15, 0.2) is 0 Å². The summed E-state index contributed by atoms with van der Waals surface area (Å²) < 4.78 is 66.0. The Morgan fingerprint density at radius 3 is 2.50 bits per heavy atom. The fourth-order valence-electron chi connectivity index (χ4n) is 1.40. The van der Waals surface area contributed by atoms with Crippen molar-refractivity contribution in [2.45, 2.75) is 24.6 Å². The van der Waals surface area contributed by atoms with E-state index in [1.54, 1.807) is 6.92 Å². The third-order valence-electron chi connectivity index (χ3n) is 2.28. The molecule has 0 heterocycles. The highest BCUT2D eigenvalue weighted by Gasteiger charge is 2.30. The smallest absolute Gasteiger partial charge is 0.402 e. The molecule has 0 amide bonds. The second kappa shape index (κ2) is 6.42. The van der Waals surface area contributed by atoms with Gasteiger partial charge in [-0.15, -0.1) is 0 Å². The molecule has 0 saturated carbocycles. The van der Waals surface area contributed by atoms with Crippen molar-refractivity contribution in [2.24, 2.45) is 0 Å². The first kappa shape index (κ1) is 16.7. The van der Waals surface area contributed by atoms with Crippen LogP contribution in [0.3, 0.4) is 0 Å². The average molecular weight is 313 g/mol. The molecule has 20 heavy (non-hydrogen) atoms. The highest BCUT2D eigenvalue weighted by atomic mass is 32.2. The monoisotopic (exact) mass is 313 g/mol. The van der Waals surface area contributed by atoms with Gasteiger partial charge in [0, 0.05) is 5.56 Å². The van der Waals surface area contributed by atoms with Crippen LogP contribution in [0.4, 0.5) is 13.2 Å². The van der Waals surface area contributed by atoms with Gasteiger partial charge in [0.2, 0.25) is 10.0 Å². The van der Waals surface area contributed by atoms with Crippen LogP contribution in [0.25, 0.3) is 0 Å². The summed E-state index contributed by atoms with van der Waals surface area (Å²) in [4.78, 5) is -0.366. The maximum Gasteiger partial charge on any atom is 0.402 e. The predicted octanol–water partition coefficient (Wildman–Crippen LogP) is 1.42. The van der Waals surface area contributed by atoms with Crippen LogP contribution in [0.15, 0.2) is 23.1 Å². The Kier molecular flexibility index (Phi) is 5.37. The van der Waals surface area contributed by atoms with Crippen LogP contribution in [-0.4, -0.2) is 32.9 Å². The van der Waals surface area contributed by atoms with Crippen LogP contribution >= 0.6 is 0 Å². The fraction of sp³-hybridized carbons (Fsp3) is 0.455. The molecule has 0 aliphatic rings. The molecule has 5 nitrogen and oxygen atoms in total. The third-order valence-corrected chi connectivity index (χ3v) is 3.67. The summed E-state index contributed by atoms with van der Waals surface area (Å²) in [5.74, 6) is 0.282. The van der Waals surface area contributed by atoms with Crippen molar-refractivity contribution in [3.05, 3.63) is 23.8 Å². The Labute approximate surface area is 114 Å². The first-order valence-corrected chi connectivity index (χ1v) is 7.11. The van der Waals surface area contributed by atoms with E-state index < -0.39 is 29.4 Å². The number of aliphatic hydroxyl groups excluding tert-OH is 1. The molecular weight excluding hydrogens is 299 g/mol. The van der Waals surface area contributed by atoms with E-state index in [9.17, 15) is 21.6 Å². The molecule has 0 saturated heterocycles. The van der Waals surface area contributed by atoms with Gasteiger partial charge in [-0.05, 0) is 25.1 Å². The van der Waals surface area contributed by atoms with Crippen LogP contribution in [0.5, 0.6) is 5.75 Å². The predicted molar refractivity (Wildman–Crippen MR) is 64.8 cm³/mol. The van der Waals surface area contributed by atoms with Gasteiger partial charge in [-0.3, -0.25) is 0 Å². The number of aliphatic hydroxyl groups is 1. The van der Waals surface area contributed by atoms with Crippen LogP contribution in [0, 0.1) is 0 Å². The molecular formula is C11H14F3NO4S. The maximum atomic E-state index is 12.0. The van der Waals surface area contributed by atoms with E-state index in [1.165, 1.54) is 10.8 Å². The molecule has 0 atom stereocenters. The molecule has 1 rings (SSSR count). The first-order valence-electron chi connectivity index (χ1n) is 5.62. The normalized spacial score (nSPS) is 12.4. The minimum atomic E-state index is -4.64. The largest absolute Gasteiger partial charge is 0.494 e. The number of benzene rings is 1. The van der Waals surface area contributed by atoms with E-state index in [4.69, 9.17) is 9.84 Å². The minimum Gasteiger partial charge on any atom is -0.494 e. The summed E-state index contributed by atoms with van der Waals surface area (Å²) in [6, 6.07) is 3.48. The number of ether oxygens (including phenoxy) is 1. The molecule has 0 aromatic heterocycles. The van der Waals surface area contributed by atoms with Crippen LogP contribution in [-0.2, 0) is 16.6 Å². The van der Waals surface area contributed by atoms with Crippen LogP contribution in [0.1, 0.15) is 12.5 Å². The Hall–Kier alpha value is -1.32. The lowest BCUT2D eigenvalue weighted by atomic mass is 10.2. The number of hydrogen-bond acceptors (Lipinski definition) is 4. The van der Waals surface area contributed by atoms with Gasteiger partial charge in [-0.2, -0.15) is 13.2 Å². The number of rotatable bonds is 6. The number of nitrogens with one attached hydrogen (secondary N) is 1. The Bertz CT molecular complexity index is 557. The standard InChI is InChI=1S/C11H14F3NO4S/c1-2-19-10-4-3-9(5-8(10)6-16)20(17,18)15-7-11(12,13)14/h3-5,15-16H,2,6-7H2,1H3. The van der Waals surface area contributed by atoms with Crippen molar-refractivity contribution in [3.8, 4) is 5.75 Å². The summed E-state index contributed by atoms with van der Waals surface area (Å²) in [5.41, 5.74) is 0.182. The average Bonchev–Trinajstić information content (AvgIpc) is 2.36. The minimum absolute atomic E-state index is 0.182. The van der Waals surface area contributed by atoms with Crippen LogP contribution < -0.4 is 9.46 Å². The van der Waals surface area contributed by atoms with Gasteiger partial charge < -0.3 is 9.84 Å². The lowest BCUT2D eigenvalue weighted by Crippen LogP contribution is -2.33. The second-order valence-corrected chi connectivity index (χ2v) is 5.57. The second-order valence-electron chi connectivity index (χ2n) is 3.80. The summed E-state index contributed by atoms with van der Waals surface area (Å²) in [7, 11) is -4.29. The quantitative estimate of drug-likeness (QED) is 0.833. The van der Waals surface area contributed by atoms with Crippen molar-refractivity contribution >= 4 is 10.0 Å². The molecule has 0 radical (unpaired) electrons. The highest BCUT2D eigenvalue weighted by Crippen LogP contribution is 2.23. The molecule has 0 bridgehead atoms. The van der Waals surface area contributed by atoms with Crippen molar-refractivity contribution in [3.63, 3.8) is 0 Å². The van der Waals surface area contributed by atoms with E-state index in [0.29, 0.717) is 6.61 Å². The zero-order valence-corrected chi connectivity index (χ0v) is 11.4. The molecule has 2 N–H and O–H groups in total. The van der Waals surface area contributed by atoms with Gasteiger partial charge in [0.25, 0.3) is 0 Å². The van der Waals surface area contributed by atoms with Gasteiger partial charge in [0.1, 0.15) is 12.3 Å². The van der Waals surface area contributed by atoms with Gasteiger partial charge >= 0.3 is 6.18 Å². The lowest BCUT2D eigenvalue weighted by molar-refractivity contribution is -0.121. The molecule has 0 spiro atoms. The SMILES string of the molecule is CCOc1ccc(S(=O)(=O)NCC(F)(F)F)cc1CO. The molecule has 9 heteroatoms. The van der Waals surface area contributed by atoms with Crippen molar-refractivity contribution in [1.82, 2.24) is 4.72 Å². The third kappa shape index (κ3) is 4.66. The Morgan fingerprint density at radius 2 is 2.00 bits per heavy atom. The van der Waals surface area contributed by atoms with Gasteiger partial charge in [-0.1, -0.05) is 0 Å². The van der Waals surface area contributed by atoms with E-state index in [2.05, 4.69) is 0 Å². The number of alkyl halides is 3. The first-order chi connectivity index (χ1) is 9.19. The summed E-state index contributed by atoms with van der Waals surface area (Å²) >= 11 is 0. The van der Waals surface area contributed by atoms with E-state index >= 15 is 0 Å². The highest BCUT2D eigenvalue weighted by molar-refractivity contribution is 7.89. The molecule has 0 aliphatic heterocycles.